The summed E-state index contributed by atoms with van der Waals surface area (Å²) in [7, 11) is 0. The lowest BCUT2D eigenvalue weighted by molar-refractivity contribution is 0.306. The van der Waals surface area contributed by atoms with Crippen LogP contribution in [0.3, 0.4) is 0 Å². The fraction of sp³-hybridized carbons (Fsp3) is 0.368. The predicted octanol–water partition coefficient (Wildman–Crippen LogP) is 5.18. The number of anilines is 1. The standard InChI is InChI=1S/C19H25NO/c1-3-4-5-13-21-19-11-9-17(10-12-19)15-20-18-8-6-7-16(2)14-18/h6-12,14,20H,3-5,13,15H2,1-2H3. The lowest BCUT2D eigenvalue weighted by Gasteiger charge is -2.09. The van der Waals surface area contributed by atoms with E-state index >= 15 is 0 Å². The summed E-state index contributed by atoms with van der Waals surface area (Å²) in [6.45, 7) is 5.96. The van der Waals surface area contributed by atoms with Crippen molar-refractivity contribution in [3.63, 3.8) is 0 Å². The molecule has 0 aliphatic heterocycles. The Bertz CT molecular complexity index is 534. The number of benzene rings is 2. The first-order chi connectivity index (χ1) is 10.3. The van der Waals surface area contributed by atoms with Crippen molar-refractivity contribution in [3.8, 4) is 5.75 Å². The van der Waals surface area contributed by atoms with Gasteiger partial charge in [0.1, 0.15) is 5.75 Å². The van der Waals surface area contributed by atoms with Crippen LogP contribution in [0.15, 0.2) is 48.5 Å². The first-order valence-electron chi connectivity index (χ1n) is 7.80. The minimum Gasteiger partial charge on any atom is -0.494 e. The number of hydrogen-bond donors (Lipinski definition) is 1. The van der Waals surface area contributed by atoms with Crippen molar-refractivity contribution in [2.24, 2.45) is 0 Å². The minimum absolute atomic E-state index is 0.814. The highest BCUT2D eigenvalue weighted by molar-refractivity contribution is 5.46. The molecule has 1 N–H and O–H groups in total. The summed E-state index contributed by atoms with van der Waals surface area (Å²) < 4.78 is 5.72. The van der Waals surface area contributed by atoms with Gasteiger partial charge in [-0.25, -0.2) is 0 Å². The molecule has 0 saturated heterocycles. The molecule has 0 aromatic heterocycles. The molecule has 0 atom stereocenters. The molecular formula is C19H25NO. The number of nitrogens with one attached hydrogen (secondary N) is 1. The molecule has 2 heteroatoms. The molecular weight excluding hydrogens is 258 g/mol. The van der Waals surface area contributed by atoms with Gasteiger partial charge in [-0.3, -0.25) is 0 Å². The molecule has 0 amide bonds. The monoisotopic (exact) mass is 283 g/mol. The SMILES string of the molecule is CCCCCOc1ccc(CNc2cccc(C)c2)cc1. The molecule has 0 radical (unpaired) electrons. The third kappa shape index (κ3) is 5.50. The molecule has 0 spiro atoms. The van der Waals surface area contributed by atoms with E-state index in [1.807, 2.05) is 0 Å². The zero-order valence-corrected chi connectivity index (χ0v) is 13.1. The van der Waals surface area contributed by atoms with E-state index in [4.69, 9.17) is 4.74 Å². The van der Waals surface area contributed by atoms with E-state index in [2.05, 4.69) is 67.7 Å². The van der Waals surface area contributed by atoms with Gasteiger partial charge in [-0.15, -0.1) is 0 Å². The van der Waals surface area contributed by atoms with Crippen LogP contribution < -0.4 is 10.1 Å². The molecule has 0 aliphatic rings. The number of rotatable bonds is 8. The van der Waals surface area contributed by atoms with Crippen LogP contribution in [0, 0.1) is 6.92 Å². The Kier molecular flexibility index (Phi) is 6.14. The Balaban J connectivity index is 1.79. The maximum absolute atomic E-state index is 5.72. The first kappa shape index (κ1) is 15.4. The highest BCUT2D eigenvalue weighted by Gasteiger charge is 1.97. The maximum atomic E-state index is 5.72. The fourth-order valence-corrected chi connectivity index (χ4v) is 2.20. The van der Waals surface area contributed by atoms with E-state index in [1.165, 1.54) is 24.0 Å². The number of hydrogen-bond acceptors (Lipinski definition) is 2. The van der Waals surface area contributed by atoms with Crippen molar-refractivity contribution in [2.75, 3.05) is 11.9 Å². The molecule has 21 heavy (non-hydrogen) atoms. The highest BCUT2D eigenvalue weighted by Crippen LogP contribution is 2.15. The maximum Gasteiger partial charge on any atom is 0.119 e. The second-order valence-corrected chi connectivity index (χ2v) is 5.42. The van der Waals surface area contributed by atoms with Crippen LogP contribution in [0.1, 0.15) is 37.3 Å². The quantitative estimate of drug-likeness (QED) is 0.674. The Morgan fingerprint density at radius 2 is 1.81 bits per heavy atom. The van der Waals surface area contributed by atoms with Crippen LogP contribution in [0.2, 0.25) is 0 Å². The average Bonchev–Trinajstić information content (AvgIpc) is 2.51. The zero-order valence-electron chi connectivity index (χ0n) is 13.1. The minimum atomic E-state index is 0.814. The second-order valence-electron chi connectivity index (χ2n) is 5.42. The van der Waals surface area contributed by atoms with E-state index < -0.39 is 0 Å². The van der Waals surface area contributed by atoms with Gasteiger partial charge in [0, 0.05) is 12.2 Å². The predicted molar refractivity (Wildman–Crippen MR) is 90.0 cm³/mol. The average molecular weight is 283 g/mol. The molecule has 0 fully saturated rings. The lowest BCUT2D eigenvalue weighted by Crippen LogP contribution is -2.00. The molecule has 0 saturated carbocycles. The molecule has 2 aromatic rings. The smallest absolute Gasteiger partial charge is 0.119 e. The van der Waals surface area contributed by atoms with E-state index in [-0.39, 0.29) is 0 Å². The van der Waals surface area contributed by atoms with Crippen LogP contribution in [0.4, 0.5) is 5.69 Å². The van der Waals surface area contributed by atoms with Gasteiger partial charge < -0.3 is 10.1 Å². The Hall–Kier alpha value is -1.96. The first-order valence-corrected chi connectivity index (χ1v) is 7.80. The fourth-order valence-electron chi connectivity index (χ4n) is 2.20. The van der Waals surface area contributed by atoms with Crippen LogP contribution in [-0.2, 0) is 6.54 Å². The molecule has 0 heterocycles. The molecule has 2 aromatic carbocycles. The van der Waals surface area contributed by atoms with Gasteiger partial charge in [0.15, 0.2) is 0 Å². The van der Waals surface area contributed by atoms with Crippen LogP contribution in [0.25, 0.3) is 0 Å². The molecule has 2 nitrogen and oxygen atoms in total. The second kappa shape index (κ2) is 8.35. The molecule has 0 unspecified atom stereocenters. The van der Waals surface area contributed by atoms with Crippen molar-refractivity contribution in [3.05, 3.63) is 59.7 Å². The highest BCUT2D eigenvalue weighted by atomic mass is 16.5. The van der Waals surface area contributed by atoms with Gasteiger partial charge in [-0.2, -0.15) is 0 Å². The van der Waals surface area contributed by atoms with E-state index in [1.54, 1.807) is 0 Å². The number of aryl methyl sites for hydroxylation is 1. The Morgan fingerprint density at radius 3 is 2.52 bits per heavy atom. The summed E-state index contributed by atoms with van der Waals surface area (Å²) in [6, 6.07) is 16.8. The van der Waals surface area contributed by atoms with Gasteiger partial charge in [-0.05, 0) is 48.7 Å². The van der Waals surface area contributed by atoms with Crippen LogP contribution in [0.5, 0.6) is 5.75 Å². The van der Waals surface area contributed by atoms with Crippen molar-refractivity contribution in [2.45, 2.75) is 39.7 Å². The summed E-state index contributed by atoms with van der Waals surface area (Å²) in [4.78, 5) is 0. The zero-order chi connectivity index (χ0) is 14.9. The van der Waals surface area contributed by atoms with Gasteiger partial charge in [-0.1, -0.05) is 44.0 Å². The van der Waals surface area contributed by atoms with E-state index in [9.17, 15) is 0 Å². The number of ether oxygens (including phenoxy) is 1. The van der Waals surface area contributed by atoms with Crippen molar-refractivity contribution in [1.82, 2.24) is 0 Å². The Morgan fingerprint density at radius 1 is 1.00 bits per heavy atom. The lowest BCUT2D eigenvalue weighted by atomic mass is 10.2. The molecule has 0 aliphatic carbocycles. The van der Waals surface area contributed by atoms with Gasteiger partial charge >= 0.3 is 0 Å². The molecule has 2 rings (SSSR count). The van der Waals surface area contributed by atoms with Crippen molar-refractivity contribution in [1.29, 1.82) is 0 Å². The summed E-state index contributed by atoms with van der Waals surface area (Å²) in [6.07, 6.45) is 3.60. The third-order valence-corrected chi connectivity index (χ3v) is 3.45. The summed E-state index contributed by atoms with van der Waals surface area (Å²) in [5.74, 6) is 0.963. The van der Waals surface area contributed by atoms with Crippen LogP contribution >= 0.6 is 0 Å². The van der Waals surface area contributed by atoms with Gasteiger partial charge in [0.2, 0.25) is 0 Å². The van der Waals surface area contributed by atoms with Gasteiger partial charge in [0.25, 0.3) is 0 Å². The summed E-state index contributed by atoms with van der Waals surface area (Å²) >= 11 is 0. The van der Waals surface area contributed by atoms with Crippen molar-refractivity contribution >= 4 is 5.69 Å². The third-order valence-electron chi connectivity index (χ3n) is 3.45. The van der Waals surface area contributed by atoms with E-state index in [0.717, 1.165) is 31.0 Å². The van der Waals surface area contributed by atoms with E-state index in [0.29, 0.717) is 0 Å². The number of unbranched alkanes of at least 4 members (excludes halogenated alkanes) is 2. The topological polar surface area (TPSA) is 21.3 Å². The van der Waals surface area contributed by atoms with Crippen LogP contribution in [-0.4, -0.2) is 6.61 Å². The molecule has 112 valence electrons. The molecule has 0 bridgehead atoms. The summed E-state index contributed by atoms with van der Waals surface area (Å²) in [5, 5.41) is 3.44. The van der Waals surface area contributed by atoms with Gasteiger partial charge in [0.05, 0.1) is 6.61 Å². The van der Waals surface area contributed by atoms with Crippen molar-refractivity contribution < 1.29 is 4.74 Å². The largest absolute Gasteiger partial charge is 0.494 e. The Labute approximate surface area is 128 Å². The summed E-state index contributed by atoms with van der Waals surface area (Å²) in [5.41, 5.74) is 3.70. The normalized spacial score (nSPS) is 10.4.